The fraction of sp³-hybridized carbons (Fsp3) is 0.214. The molecule has 0 aliphatic rings. The molecule has 2 rings (SSSR count). The van der Waals surface area contributed by atoms with E-state index < -0.39 is 5.97 Å². The maximum atomic E-state index is 11.0. The number of ether oxygens (including phenoxy) is 1. The van der Waals surface area contributed by atoms with Crippen molar-refractivity contribution in [2.75, 3.05) is 7.11 Å². The van der Waals surface area contributed by atoms with Crippen LogP contribution in [0.25, 0.3) is 0 Å². The van der Waals surface area contributed by atoms with Crippen LogP contribution in [0.4, 0.5) is 0 Å². The van der Waals surface area contributed by atoms with Gasteiger partial charge in [-0.2, -0.15) is 0 Å². The fourth-order valence-electron chi connectivity index (χ4n) is 1.88. The van der Waals surface area contributed by atoms with Crippen LogP contribution < -0.4 is 4.74 Å². The summed E-state index contributed by atoms with van der Waals surface area (Å²) >= 11 is 1.58. The number of carboxylic acids is 1. The number of hydrogen-bond acceptors (Lipinski definition) is 3. The zero-order valence-corrected chi connectivity index (χ0v) is 10.8. The summed E-state index contributed by atoms with van der Waals surface area (Å²) in [5, 5.41) is 11.0. The van der Waals surface area contributed by atoms with Crippen molar-refractivity contribution in [1.29, 1.82) is 0 Å². The Hall–Kier alpha value is -1.81. The van der Waals surface area contributed by atoms with E-state index >= 15 is 0 Å². The van der Waals surface area contributed by atoms with Crippen molar-refractivity contribution in [2.24, 2.45) is 0 Å². The topological polar surface area (TPSA) is 46.5 Å². The Morgan fingerprint density at radius 2 is 2.06 bits per heavy atom. The summed E-state index contributed by atoms with van der Waals surface area (Å²) < 4.78 is 5.11. The lowest BCUT2D eigenvalue weighted by molar-refractivity contribution is -0.137. The number of carbonyl (C=O) groups is 1. The number of aliphatic carboxylic acids is 1. The minimum Gasteiger partial charge on any atom is -0.497 e. The smallest absolute Gasteiger partial charge is 0.304 e. The molecule has 1 aromatic heterocycles. The average molecular weight is 262 g/mol. The second kappa shape index (κ2) is 5.69. The highest BCUT2D eigenvalue weighted by molar-refractivity contribution is 7.10. The third kappa shape index (κ3) is 2.90. The monoisotopic (exact) mass is 262 g/mol. The largest absolute Gasteiger partial charge is 0.497 e. The van der Waals surface area contributed by atoms with Crippen LogP contribution in [0.2, 0.25) is 0 Å². The summed E-state index contributed by atoms with van der Waals surface area (Å²) in [5.74, 6) is -0.100. The van der Waals surface area contributed by atoms with E-state index in [1.165, 1.54) is 0 Å². The lowest BCUT2D eigenvalue weighted by Gasteiger charge is -2.14. The van der Waals surface area contributed by atoms with Gasteiger partial charge in [0.15, 0.2) is 0 Å². The Morgan fingerprint density at radius 3 is 2.56 bits per heavy atom. The Labute approximate surface area is 110 Å². The van der Waals surface area contributed by atoms with Crippen LogP contribution in [-0.4, -0.2) is 18.2 Å². The quantitative estimate of drug-likeness (QED) is 0.898. The van der Waals surface area contributed by atoms with Crippen LogP contribution in [0.15, 0.2) is 41.8 Å². The van der Waals surface area contributed by atoms with Crippen LogP contribution in [0.5, 0.6) is 5.75 Å². The van der Waals surface area contributed by atoms with Crippen LogP contribution in [0.3, 0.4) is 0 Å². The molecule has 1 heterocycles. The van der Waals surface area contributed by atoms with Crippen molar-refractivity contribution in [3.05, 3.63) is 52.2 Å². The van der Waals surface area contributed by atoms with Gasteiger partial charge in [0.05, 0.1) is 13.5 Å². The minimum absolute atomic E-state index is 0.0894. The zero-order chi connectivity index (χ0) is 13.0. The molecule has 3 nitrogen and oxygen atoms in total. The standard InChI is InChI=1S/C14H14O3S/c1-17-11-6-4-10(5-7-11)12(9-14(15)16)13-3-2-8-18-13/h2-8,12H,9H2,1H3,(H,15,16). The number of hydrogen-bond donors (Lipinski definition) is 1. The summed E-state index contributed by atoms with van der Waals surface area (Å²) in [6.45, 7) is 0. The molecular weight excluding hydrogens is 248 g/mol. The van der Waals surface area contributed by atoms with Crippen molar-refractivity contribution < 1.29 is 14.6 Å². The van der Waals surface area contributed by atoms with Gasteiger partial charge in [-0.15, -0.1) is 11.3 Å². The van der Waals surface area contributed by atoms with Crippen LogP contribution in [0, 0.1) is 0 Å². The average Bonchev–Trinajstić information content (AvgIpc) is 2.89. The number of thiophene rings is 1. The molecule has 0 aliphatic carbocycles. The van der Waals surface area contributed by atoms with Crippen molar-refractivity contribution in [3.63, 3.8) is 0 Å². The third-order valence-electron chi connectivity index (χ3n) is 2.78. The van der Waals surface area contributed by atoms with Gasteiger partial charge in [-0.1, -0.05) is 18.2 Å². The minimum atomic E-state index is -0.788. The van der Waals surface area contributed by atoms with E-state index in [9.17, 15) is 4.79 Å². The molecule has 94 valence electrons. The van der Waals surface area contributed by atoms with Crippen molar-refractivity contribution >= 4 is 17.3 Å². The summed E-state index contributed by atoms with van der Waals surface area (Å²) in [7, 11) is 1.61. The molecule has 0 radical (unpaired) electrons. The maximum absolute atomic E-state index is 11.0. The Kier molecular flexibility index (Phi) is 3.99. The van der Waals surface area contributed by atoms with E-state index in [1.807, 2.05) is 41.8 Å². The molecule has 1 aromatic carbocycles. The first-order valence-corrected chi connectivity index (χ1v) is 6.48. The van der Waals surface area contributed by atoms with E-state index in [1.54, 1.807) is 18.4 Å². The lowest BCUT2D eigenvalue weighted by Crippen LogP contribution is -2.06. The van der Waals surface area contributed by atoms with Gasteiger partial charge in [-0.3, -0.25) is 4.79 Å². The highest BCUT2D eigenvalue weighted by atomic mass is 32.1. The van der Waals surface area contributed by atoms with Crippen LogP contribution in [-0.2, 0) is 4.79 Å². The fourth-order valence-corrected chi connectivity index (χ4v) is 2.74. The first kappa shape index (κ1) is 12.6. The van der Waals surface area contributed by atoms with Crippen molar-refractivity contribution in [3.8, 4) is 5.75 Å². The van der Waals surface area contributed by atoms with Gasteiger partial charge in [-0.05, 0) is 29.1 Å². The molecule has 18 heavy (non-hydrogen) atoms. The summed E-state index contributed by atoms with van der Waals surface area (Å²) in [6, 6.07) is 11.5. The van der Waals surface area contributed by atoms with Gasteiger partial charge in [0.1, 0.15) is 5.75 Å². The zero-order valence-electron chi connectivity index (χ0n) is 10.00. The summed E-state index contributed by atoms with van der Waals surface area (Å²) in [6.07, 6.45) is 0.104. The summed E-state index contributed by atoms with van der Waals surface area (Å²) in [4.78, 5) is 12.1. The molecule has 0 fully saturated rings. The first-order chi connectivity index (χ1) is 8.70. The second-order valence-corrected chi connectivity index (χ2v) is 4.92. The van der Waals surface area contributed by atoms with E-state index in [0.717, 1.165) is 16.2 Å². The Morgan fingerprint density at radius 1 is 1.33 bits per heavy atom. The second-order valence-electron chi connectivity index (χ2n) is 3.94. The number of carboxylic acid groups (broad SMARTS) is 1. The van der Waals surface area contributed by atoms with Crippen LogP contribution in [0.1, 0.15) is 22.8 Å². The molecule has 0 amide bonds. The molecule has 2 aromatic rings. The number of benzene rings is 1. The molecule has 1 unspecified atom stereocenters. The maximum Gasteiger partial charge on any atom is 0.304 e. The van der Waals surface area contributed by atoms with Crippen molar-refractivity contribution in [1.82, 2.24) is 0 Å². The predicted molar refractivity (Wildman–Crippen MR) is 71.4 cm³/mol. The van der Waals surface area contributed by atoms with Gasteiger partial charge in [0.2, 0.25) is 0 Å². The molecule has 0 saturated heterocycles. The van der Waals surface area contributed by atoms with E-state index in [0.29, 0.717) is 0 Å². The van der Waals surface area contributed by atoms with Gasteiger partial charge in [-0.25, -0.2) is 0 Å². The molecule has 1 atom stereocenters. The van der Waals surface area contributed by atoms with E-state index in [4.69, 9.17) is 9.84 Å². The number of rotatable bonds is 5. The third-order valence-corrected chi connectivity index (χ3v) is 3.77. The highest BCUT2D eigenvalue weighted by Crippen LogP contribution is 2.32. The molecular formula is C14H14O3S. The molecule has 0 aliphatic heterocycles. The Bertz CT molecular complexity index is 502. The molecule has 4 heteroatoms. The number of methoxy groups -OCH3 is 1. The van der Waals surface area contributed by atoms with Gasteiger partial charge in [0, 0.05) is 10.8 Å². The molecule has 0 bridgehead atoms. The predicted octanol–water partition coefficient (Wildman–Crippen LogP) is 3.36. The molecule has 1 N–H and O–H groups in total. The first-order valence-electron chi connectivity index (χ1n) is 5.60. The van der Waals surface area contributed by atoms with E-state index in [2.05, 4.69) is 0 Å². The normalized spacial score (nSPS) is 12.1. The SMILES string of the molecule is COc1ccc(C(CC(=O)O)c2cccs2)cc1. The lowest BCUT2D eigenvalue weighted by atomic mass is 9.94. The highest BCUT2D eigenvalue weighted by Gasteiger charge is 2.18. The molecule has 0 saturated carbocycles. The Balaban J connectivity index is 2.30. The van der Waals surface area contributed by atoms with Gasteiger partial charge < -0.3 is 9.84 Å². The van der Waals surface area contributed by atoms with Gasteiger partial charge in [0.25, 0.3) is 0 Å². The summed E-state index contributed by atoms with van der Waals surface area (Å²) in [5.41, 5.74) is 1.00. The van der Waals surface area contributed by atoms with E-state index in [-0.39, 0.29) is 12.3 Å². The van der Waals surface area contributed by atoms with Crippen molar-refractivity contribution in [2.45, 2.75) is 12.3 Å². The van der Waals surface area contributed by atoms with Gasteiger partial charge >= 0.3 is 5.97 Å². The molecule has 0 spiro atoms. The van der Waals surface area contributed by atoms with Crippen LogP contribution >= 0.6 is 11.3 Å².